The molecule has 0 fully saturated rings. The summed E-state index contributed by atoms with van der Waals surface area (Å²) < 4.78 is 20.3. The number of nitrogens with two attached hydrogens (primary N) is 1. The third-order valence-corrected chi connectivity index (χ3v) is 3.59. The monoisotopic (exact) mass is 371 g/mol. The average Bonchev–Trinajstić information content (AvgIpc) is 2.73. The van der Waals surface area contributed by atoms with Crippen LogP contribution in [0.1, 0.15) is 16.1 Å². The van der Waals surface area contributed by atoms with Crippen LogP contribution in [0.4, 0.5) is 10.1 Å². The Morgan fingerprint density at radius 3 is 2.76 bits per heavy atom. The van der Waals surface area contributed by atoms with Gasteiger partial charge in [-0.25, -0.2) is 9.18 Å². The zero-order valence-corrected chi connectivity index (χ0v) is 13.0. The van der Waals surface area contributed by atoms with Gasteiger partial charge in [-0.1, -0.05) is 11.6 Å². The number of methoxy groups -OCH3 is 1. The van der Waals surface area contributed by atoms with Gasteiger partial charge in [-0.05, 0) is 28.1 Å². The highest BCUT2D eigenvalue weighted by Gasteiger charge is 2.24. The van der Waals surface area contributed by atoms with Crippen LogP contribution in [0.15, 0.2) is 22.8 Å². The summed E-state index contributed by atoms with van der Waals surface area (Å²) >= 11 is 8.93. The van der Waals surface area contributed by atoms with E-state index in [0.717, 1.165) is 10.6 Å². The fourth-order valence-electron chi connectivity index (χ4n) is 1.86. The molecule has 2 rings (SSSR count). The van der Waals surface area contributed by atoms with Gasteiger partial charge in [-0.2, -0.15) is 5.26 Å². The minimum absolute atomic E-state index is 0.00741. The quantitative estimate of drug-likeness (QED) is 0.820. The molecule has 0 saturated carbocycles. The topological polar surface area (TPSA) is 81.0 Å². The molecule has 21 heavy (non-hydrogen) atoms. The van der Waals surface area contributed by atoms with Crippen molar-refractivity contribution in [1.29, 1.82) is 5.26 Å². The van der Waals surface area contributed by atoms with Crippen LogP contribution in [0.3, 0.4) is 0 Å². The Balaban J connectivity index is 2.82. The lowest BCUT2D eigenvalue weighted by molar-refractivity contribution is 0.0593. The normalized spacial score (nSPS) is 10.2. The maximum atomic E-state index is 14.2. The second-order valence-electron chi connectivity index (χ2n) is 4.00. The molecule has 0 bridgehead atoms. The molecular formula is C13H8BrClFN3O2. The van der Waals surface area contributed by atoms with Gasteiger partial charge < -0.3 is 15.0 Å². The van der Waals surface area contributed by atoms with Crippen LogP contribution in [0.25, 0.3) is 5.69 Å². The summed E-state index contributed by atoms with van der Waals surface area (Å²) in [4.78, 5) is 11.9. The lowest BCUT2D eigenvalue weighted by Crippen LogP contribution is -2.12. The zero-order chi connectivity index (χ0) is 15.7. The van der Waals surface area contributed by atoms with Crippen LogP contribution in [-0.4, -0.2) is 17.6 Å². The molecule has 0 aliphatic rings. The highest BCUT2D eigenvalue weighted by atomic mass is 79.9. The van der Waals surface area contributed by atoms with Crippen LogP contribution in [-0.2, 0) is 4.74 Å². The molecule has 1 aromatic heterocycles. The number of carbonyl (C=O) groups is 1. The van der Waals surface area contributed by atoms with Gasteiger partial charge in [0.05, 0.1) is 24.0 Å². The predicted octanol–water partition coefficient (Wildman–Crippen LogP) is 3.27. The van der Waals surface area contributed by atoms with E-state index in [0.29, 0.717) is 4.47 Å². The Morgan fingerprint density at radius 1 is 1.57 bits per heavy atom. The number of halogens is 3. The fraction of sp³-hybridized carbons (Fsp3) is 0.0769. The summed E-state index contributed by atoms with van der Waals surface area (Å²) in [6, 6.07) is 4.39. The van der Waals surface area contributed by atoms with Crippen molar-refractivity contribution in [3.05, 3.63) is 44.9 Å². The summed E-state index contributed by atoms with van der Waals surface area (Å²) in [7, 11) is 1.17. The second kappa shape index (κ2) is 5.76. The third-order valence-electron chi connectivity index (χ3n) is 2.77. The van der Waals surface area contributed by atoms with E-state index in [4.69, 9.17) is 22.6 Å². The van der Waals surface area contributed by atoms with Gasteiger partial charge in [0.15, 0.2) is 5.69 Å². The van der Waals surface area contributed by atoms with Gasteiger partial charge in [0, 0.05) is 15.7 Å². The van der Waals surface area contributed by atoms with Crippen molar-refractivity contribution in [2.45, 2.75) is 0 Å². The molecule has 0 spiro atoms. The van der Waals surface area contributed by atoms with Crippen molar-refractivity contribution in [3.8, 4) is 11.8 Å². The highest BCUT2D eigenvalue weighted by molar-refractivity contribution is 9.10. The molecule has 8 heteroatoms. The first-order valence-corrected chi connectivity index (χ1v) is 6.72. The van der Waals surface area contributed by atoms with E-state index in [-0.39, 0.29) is 27.7 Å². The average molecular weight is 373 g/mol. The SMILES string of the molecule is COC(=O)c1c(N)c(C#N)cn1-c1c(F)cc(Cl)cc1Br. The number of nitrogens with zero attached hydrogens (tertiary/aromatic N) is 2. The molecule has 0 unspecified atom stereocenters. The maximum Gasteiger partial charge on any atom is 0.357 e. The molecule has 1 aromatic carbocycles. The number of hydrogen-bond donors (Lipinski definition) is 1. The third kappa shape index (κ3) is 2.60. The summed E-state index contributed by atoms with van der Waals surface area (Å²) in [5, 5.41) is 9.20. The van der Waals surface area contributed by atoms with E-state index < -0.39 is 11.8 Å². The Morgan fingerprint density at radius 2 is 2.24 bits per heavy atom. The van der Waals surface area contributed by atoms with Crippen molar-refractivity contribution >= 4 is 39.2 Å². The number of ether oxygens (including phenoxy) is 1. The number of nitrogen functional groups attached to an aromatic ring is 1. The number of nitriles is 1. The van der Waals surface area contributed by atoms with E-state index in [1.165, 1.54) is 19.4 Å². The van der Waals surface area contributed by atoms with Crippen LogP contribution in [0, 0.1) is 17.1 Å². The molecule has 0 aliphatic carbocycles. The smallest absolute Gasteiger partial charge is 0.357 e. The number of carbonyl (C=O) groups excluding carboxylic acids is 1. The van der Waals surface area contributed by atoms with Gasteiger partial charge in [0.25, 0.3) is 0 Å². The van der Waals surface area contributed by atoms with Crippen molar-refractivity contribution in [2.24, 2.45) is 0 Å². The van der Waals surface area contributed by atoms with Crippen LogP contribution >= 0.6 is 27.5 Å². The van der Waals surface area contributed by atoms with Gasteiger partial charge in [0.1, 0.15) is 11.9 Å². The molecule has 1 heterocycles. The molecule has 0 radical (unpaired) electrons. The molecular weight excluding hydrogens is 365 g/mol. The standard InChI is InChI=1S/C13H8BrClFN3O2/c1-21-13(20)12-10(18)6(4-17)5-19(12)11-8(14)2-7(15)3-9(11)16/h2-3,5H,18H2,1H3. The van der Waals surface area contributed by atoms with Crippen molar-refractivity contribution < 1.29 is 13.9 Å². The predicted molar refractivity (Wildman–Crippen MR) is 78.9 cm³/mol. The molecule has 2 N–H and O–H groups in total. The summed E-state index contributed by atoms with van der Waals surface area (Å²) in [5.41, 5.74) is 5.59. The number of hydrogen-bond acceptors (Lipinski definition) is 4. The first-order chi connectivity index (χ1) is 9.90. The largest absolute Gasteiger partial charge is 0.464 e. The van der Waals surface area contributed by atoms with E-state index in [2.05, 4.69) is 20.7 Å². The molecule has 0 atom stereocenters. The second-order valence-corrected chi connectivity index (χ2v) is 5.29. The highest BCUT2D eigenvalue weighted by Crippen LogP contribution is 2.32. The first kappa shape index (κ1) is 15.4. The molecule has 0 aliphatic heterocycles. The summed E-state index contributed by atoms with van der Waals surface area (Å²) in [6.07, 6.45) is 1.26. The lowest BCUT2D eigenvalue weighted by Gasteiger charge is -2.11. The summed E-state index contributed by atoms with van der Waals surface area (Å²) in [6.45, 7) is 0. The van der Waals surface area contributed by atoms with Crippen LogP contribution in [0.5, 0.6) is 0 Å². The van der Waals surface area contributed by atoms with Crippen molar-refractivity contribution in [3.63, 3.8) is 0 Å². The molecule has 2 aromatic rings. The van der Waals surface area contributed by atoms with Crippen LogP contribution in [0.2, 0.25) is 5.02 Å². The Kier molecular flexibility index (Phi) is 4.21. The Labute approximate surface area is 132 Å². The molecule has 5 nitrogen and oxygen atoms in total. The molecule has 108 valence electrons. The van der Waals surface area contributed by atoms with E-state index in [1.807, 2.05) is 6.07 Å². The van der Waals surface area contributed by atoms with Crippen LogP contribution < -0.4 is 5.73 Å². The van der Waals surface area contributed by atoms with Gasteiger partial charge in [-0.3, -0.25) is 0 Å². The van der Waals surface area contributed by atoms with Gasteiger partial charge in [0.2, 0.25) is 0 Å². The van der Waals surface area contributed by atoms with E-state index >= 15 is 0 Å². The minimum atomic E-state index is -0.782. The Hall–Kier alpha value is -2.04. The number of aromatic nitrogens is 1. The lowest BCUT2D eigenvalue weighted by atomic mass is 10.2. The summed E-state index contributed by atoms with van der Waals surface area (Å²) in [5.74, 6) is -1.46. The number of anilines is 1. The number of esters is 1. The number of rotatable bonds is 2. The first-order valence-electron chi connectivity index (χ1n) is 5.54. The van der Waals surface area contributed by atoms with Crippen molar-refractivity contribution in [1.82, 2.24) is 4.57 Å². The Bertz CT molecular complexity index is 759. The zero-order valence-electron chi connectivity index (χ0n) is 10.7. The van der Waals surface area contributed by atoms with Gasteiger partial charge in [-0.15, -0.1) is 0 Å². The van der Waals surface area contributed by atoms with E-state index in [9.17, 15) is 9.18 Å². The molecule has 0 amide bonds. The maximum absolute atomic E-state index is 14.2. The van der Waals surface area contributed by atoms with Crippen molar-refractivity contribution in [2.75, 3.05) is 12.8 Å². The van der Waals surface area contributed by atoms with Gasteiger partial charge >= 0.3 is 5.97 Å². The number of benzene rings is 1. The van der Waals surface area contributed by atoms with E-state index in [1.54, 1.807) is 0 Å². The molecule has 0 saturated heterocycles. The fourth-order valence-corrected chi connectivity index (χ4v) is 2.82. The minimum Gasteiger partial charge on any atom is -0.464 e.